The van der Waals surface area contributed by atoms with Crippen LogP contribution in [-0.2, 0) is 0 Å². The number of nitrogens with zero attached hydrogens (tertiary/aromatic N) is 1. The fourth-order valence-electron chi connectivity index (χ4n) is 2.48. The second-order valence-electron chi connectivity index (χ2n) is 5.03. The zero-order chi connectivity index (χ0) is 16.2. The summed E-state index contributed by atoms with van der Waals surface area (Å²) in [6.45, 7) is 0. The Kier molecular flexibility index (Phi) is 4.66. The van der Waals surface area contributed by atoms with Gasteiger partial charge in [-0.3, -0.25) is 0 Å². The van der Waals surface area contributed by atoms with E-state index in [0.29, 0.717) is 11.6 Å². The van der Waals surface area contributed by atoms with Crippen molar-refractivity contribution in [3.05, 3.63) is 47.9 Å². The third kappa shape index (κ3) is 3.56. The van der Waals surface area contributed by atoms with E-state index in [9.17, 15) is 9.18 Å². The maximum Gasteiger partial charge on any atom is 0.319 e. The number of ether oxygens (including phenoxy) is 1. The highest BCUT2D eigenvalue weighted by atomic mass is 32.2. The van der Waals surface area contributed by atoms with Gasteiger partial charge in [-0.2, -0.15) is 0 Å². The monoisotopic (exact) mass is 333 g/mol. The highest BCUT2D eigenvalue weighted by Gasteiger charge is 2.23. The SMILES string of the molecule is COc1ncccc1NC(=O)N[C@@H]1CCSc2ccc(F)cc21. The average Bonchev–Trinajstić information content (AvgIpc) is 2.56. The van der Waals surface area contributed by atoms with Crippen LogP contribution in [0.1, 0.15) is 18.0 Å². The minimum absolute atomic E-state index is 0.218. The van der Waals surface area contributed by atoms with Crippen LogP contribution in [0.2, 0.25) is 0 Å². The van der Waals surface area contributed by atoms with Crippen molar-refractivity contribution in [3.63, 3.8) is 0 Å². The number of amides is 2. The summed E-state index contributed by atoms with van der Waals surface area (Å²) < 4.78 is 18.6. The van der Waals surface area contributed by atoms with Crippen molar-refractivity contribution in [2.24, 2.45) is 0 Å². The molecule has 120 valence electrons. The molecule has 0 unspecified atom stereocenters. The zero-order valence-corrected chi connectivity index (χ0v) is 13.3. The van der Waals surface area contributed by atoms with E-state index in [0.717, 1.165) is 22.6 Å². The molecule has 2 aromatic rings. The molecule has 1 atom stereocenters. The van der Waals surface area contributed by atoms with Gasteiger partial charge in [0.25, 0.3) is 0 Å². The molecule has 2 amide bonds. The summed E-state index contributed by atoms with van der Waals surface area (Å²) in [6.07, 6.45) is 2.33. The number of pyridine rings is 1. The highest BCUT2D eigenvalue weighted by molar-refractivity contribution is 7.99. The number of hydrogen-bond acceptors (Lipinski definition) is 4. The van der Waals surface area contributed by atoms with Gasteiger partial charge in [0.1, 0.15) is 11.5 Å². The van der Waals surface area contributed by atoms with Gasteiger partial charge in [-0.25, -0.2) is 14.2 Å². The van der Waals surface area contributed by atoms with Gasteiger partial charge in [0, 0.05) is 16.8 Å². The molecule has 0 bridgehead atoms. The van der Waals surface area contributed by atoms with Crippen LogP contribution in [0.3, 0.4) is 0 Å². The molecule has 1 aromatic carbocycles. The number of nitrogens with one attached hydrogen (secondary N) is 2. The van der Waals surface area contributed by atoms with Gasteiger partial charge >= 0.3 is 6.03 Å². The summed E-state index contributed by atoms with van der Waals surface area (Å²) in [5.41, 5.74) is 1.30. The Hall–Kier alpha value is -2.28. The Balaban J connectivity index is 1.73. The molecule has 0 radical (unpaired) electrons. The Bertz CT molecular complexity index is 726. The third-order valence-corrected chi connectivity index (χ3v) is 4.65. The lowest BCUT2D eigenvalue weighted by Gasteiger charge is -2.26. The van der Waals surface area contributed by atoms with Crippen LogP contribution in [0.4, 0.5) is 14.9 Å². The van der Waals surface area contributed by atoms with Crippen molar-refractivity contribution >= 4 is 23.5 Å². The first-order chi connectivity index (χ1) is 11.2. The van der Waals surface area contributed by atoms with Gasteiger partial charge in [0.05, 0.1) is 13.2 Å². The van der Waals surface area contributed by atoms with Crippen LogP contribution in [0.25, 0.3) is 0 Å². The zero-order valence-electron chi connectivity index (χ0n) is 12.5. The second-order valence-corrected chi connectivity index (χ2v) is 6.17. The predicted octanol–water partition coefficient (Wildman–Crippen LogP) is 3.59. The minimum Gasteiger partial charge on any atom is -0.480 e. The van der Waals surface area contributed by atoms with Crippen LogP contribution in [-0.4, -0.2) is 23.9 Å². The Morgan fingerprint density at radius 3 is 3.13 bits per heavy atom. The van der Waals surface area contributed by atoms with Crippen molar-refractivity contribution in [2.45, 2.75) is 17.4 Å². The maximum absolute atomic E-state index is 13.5. The molecular formula is C16H16FN3O2S. The van der Waals surface area contributed by atoms with Gasteiger partial charge in [-0.15, -0.1) is 11.8 Å². The lowest BCUT2D eigenvalue weighted by Crippen LogP contribution is -2.34. The van der Waals surface area contributed by atoms with E-state index in [1.54, 1.807) is 36.2 Å². The lowest BCUT2D eigenvalue weighted by atomic mass is 10.0. The van der Waals surface area contributed by atoms with E-state index in [2.05, 4.69) is 15.6 Å². The molecule has 0 saturated heterocycles. The molecule has 1 aliphatic heterocycles. The van der Waals surface area contributed by atoms with E-state index in [1.165, 1.54) is 19.2 Å². The van der Waals surface area contributed by atoms with E-state index >= 15 is 0 Å². The summed E-state index contributed by atoms with van der Waals surface area (Å²) in [6, 6.07) is 7.50. The van der Waals surface area contributed by atoms with Gasteiger partial charge in [-0.05, 0) is 42.3 Å². The molecule has 3 rings (SSSR count). The maximum atomic E-state index is 13.5. The van der Waals surface area contributed by atoms with E-state index < -0.39 is 0 Å². The number of aromatic nitrogens is 1. The van der Waals surface area contributed by atoms with Crippen LogP contribution >= 0.6 is 11.8 Å². The molecule has 7 heteroatoms. The first-order valence-electron chi connectivity index (χ1n) is 7.16. The molecule has 1 aromatic heterocycles. The van der Waals surface area contributed by atoms with Crippen molar-refractivity contribution in [2.75, 3.05) is 18.2 Å². The molecule has 5 nitrogen and oxygen atoms in total. The number of thioether (sulfide) groups is 1. The number of carbonyl (C=O) groups is 1. The molecule has 0 spiro atoms. The van der Waals surface area contributed by atoms with Crippen LogP contribution in [0.15, 0.2) is 41.4 Å². The number of rotatable bonds is 3. The number of carbonyl (C=O) groups excluding carboxylic acids is 1. The number of urea groups is 1. The lowest BCUT2D eigenvalue weighted by molar-refractivity contribution is 0.248. The standard InChI is InChI=1S/C16H16FN3O2S/c1-22-15-13(3-2-7-18-15)20-16(21)19-12-6-8-23-14-5-4-10(17)9-11(12)14/h2-5,7,9,12H,6,8H2,1H3,(H2,19,20,21)/t12-/m1/s1. The number of anilines is 1. The summed E-state index contributed by atoms with van der Waals surface area (Å²) in [5, 5.41) is 5.60. The molecule has 0 fully saturated rings. The van der Waals surface area contributed by atoms with Gasteiger partial charge in [0.2, 0.25) is 5.88 Å². The van der Waals surface area contributed by atoms with Crippen molar-refractivity contribution in [1.82, 2.24) is 10.3 Å². The van der Waals surface area contributed by atoms with Crippen molar-refractivity contribution in [1.29, 1.82) is 0 Å². The first-order valence-corrected chi connectivity index (χ1v) is 8.14. The number of hydrogen-bond donors (Lipinski definition) is 2. The number of benzene rings is 1. The Morgan fingerprint density at radius 1 is 1.43 bits per heavy atom. The molecule has 0 aliphatic carbocycles. The molecule has 23 heavy (non-hydrogen) atoms. The summed E-state index contributed by atoms with van der Waals surface area (Å²) in [4.78, 5) is 17.3. The predicted molar refractivity (Wildman–Crippen MR) is 87.4 cm³/mol. The smallest absolute Gasteiger partial charge is 0.319 e. The van der Waals surface area contributed by atoms with Gasteiger partial charge in [0.15, 0.2) is 0 Å². The molecule has 1 aliphatic rings. The quantitative estimate of drug-likeness (QED) is 0.901. The first kappa shape index (κ1) is 15.6. The van der Waals surface area contributed by atoms with E-state index in [-0.39, 0.29) is 17.9 Å². The minimum atomic E-state index is -0.372. The Morgan fingerprint density at radius 2 is 2.30 bits per heavy atom. The number of methoxy groups -OCH3 is 1. The van der Waals surface area contributed by atoms with E-state index in [1.807, 2.05) is 0 Å². The highest BCUT2D eigenvalue weighted by Crippen LogP contribution is 2.36. The topological polar surface area (TPSA) is 63.2 Å². The van der Waals surface area contributed by atoms with Crippen LogP contribution < -0.4 is 15.4 Å². The fourth-order valence-corrected chi connectivity index (χ4v) is 3.59. The number of halogens is 1. The van der Waals surface area contributed by atoms with Gasteiger partial charge in [-0.1, -0.05) is 0 Å². The van der Waals surface area contributed by atoms with Crippen molar-refractivity contribution in [3.8, 4) is 5.88 Å². The van der Waals surface area contributed by atoms with Crippen LogP contribution in [0, 0.1) is 5.82 Å². The fraction of sp³-hybridized carbons (Fsp3) is 0.250. The molecule has 2 heterocycles. The van der Waals surface area contributed by atoms with E-state index in [4.69, 9.17) is 4.74 Å². The molecule has 0 saturated carbocycles. The average molecular weight is 333 g/mol. The summed E-state index contributed by atoms with van der Waals surface area (Å²) in [7, 11) is 1.49. The Labute approximate surface area is 137 Å². The van der Waals surface area contributed by atoms with Crippen LogP contribution in [0.5, 0.6) is 5.88 Å². The summed E-state index contributed by atoms with van der Waals surface area (Å²) >= 11 is 1.67. The largest absolute Gasteiger partial charge is 0.480 e. The number of fused-ring (bicyclic) bond motifs is 1. The third-order valence-electron chi connectivity index (χ3n) is 3.53. The molecule has 2 N–H and O–H groups in total. The van der Waals surface area contributed by atoms with Gasteiger partial charge < -0.3 is 15.4 Å². The van der Waals surface area contributed by atoms with Crippen molar-refractivity contribution < 1.29 is 13.9 Å². The summed E-state index contributed by atoms with van der Waals surface area (Å²) in [5.74, 6) is 0.917. The normalized spacial score (nSPS) is 16.3. The molecular weight excluding hydrogens is 317 g/mol. The second kappa shape index (κ2) is 6.87.